The predicted octanol–water partition coefficient (Wildman–Crippen LogP) is 1.70. The van der Waals surface area contributed by atoms with Crippen molar-refractivity contribution in [2.75, 3.05) is 0 Å². The van der Waals surface area contributed by atoms with Gasteiger partial charge in [-0.2, -0.15) is 0 Å². The summed E-state index contributed by atoms with van der Waals surface area (Å²) in [6.07, 6.45) is 0. The molecule has 11 heavy (non-hydrogen) atoms. The molecule has 0 unspecified atom stereocenters. The molecule has 2 nitrogen and oxygen atoms in total. The van der Waals surface area contributed by atoms with Crippen molar-refractivity contribution in [3.05, 3.63) is 0 Å². The van der Waals surface area contributed by atoms with E-state index in [0.29, 0.717) is 7.69 Å². The summed E-state index contributed by atoms with van der Waals surface area (Å²) in [4.78, 5) is 0. The third-order valence-corrected chi connectivity index (χ3v) is 2.29. The number of rotatable bonds is 0. The van der Waals surface area contributed by atoms with Crippen LogP contribution in [0.5, 0.6) is 0 Å². The summed E-state index contributed by atoms with van der Waals surface area (Å²) in [5, 5.41) is 0. The average molecular weight is 201 g/mol. The zero-order valence-electron chi connectivity index (χ0n) is 7.34. The molecule has 0 saturated carbocycles. The Bertz CT molecular complexity index is 114. The van der Waals surface area contributed by atoms with Crippen molar-refractivity contribution in [2.24, 2.45) is 0 Å². The number of hydrogen-bond acceptors (Lipinski definition) is 2. The minimum absolute atomic E-state index is 0. The van der Waals surface area contributed by atoms with E-state index in [0.717, 1.165) is 0 Å². The average Bonchev–Trinajstić information content (AvgIpc) is 1.81. The Kier molecular flexibility index (Phi) is 5.12. The molecule has 1 rings (SSSR count). The lowest BCUT2D eigenvalue weighted by Crippen LogP contribution is -2.41. The SMILES string of the molecule is CC1(C)OBOC1(C)C.Cl.Cl. The van der Waals surface area contributed by atoms with Gasteiger partial charge in [0.05, 0.1) is 11.2 Å². The van der Waals surface area contributed by atoms with Gasteiger partial charge in [-0.1, -0.05) is 0 Å². The van der Waals surface area contributed by atoms with E-state index in [2.05, 4.69) is 0 Å². The van der Waals surface area contributed by atoms with Gasteiger partial charge >= 0.3 is 7.69 Å². The molecule has 68 valence electrons. The Morgan fingerprint density at radius 2 is 1.09 bits per heavy atom. The monoisotopic (exact) mass is 200 g/mol. The van der Waals surface area contributed by atoms with Gasteiger partial charge in [-0.3, -0.25) is 0 Å². The molecule has 0 aliphatic carbocycles. The molecule has 0 bridgehead atoms. The molecule has 0 aromatic rings. The van der Waals surface area contributed by atoms with E-state index < -0.39 is 0 Å². The first-order chi connectivity index (χ1) is 3.96. The maximum absolute atomic E-state index is 5.33. The van der Waals surface area contributed by atoms with Gasteiger partial charge in [0.1, 0.15) is 0 Å². The molecule has 1 aliphatic rings. The Morgan fingerprint density at radius 1 is 0.818 bits per heavy atom. The molecule has 1 aliphatic heterocycles. The summed E-state index contributed by atoms with van der Waals surface area (Å²) in [7, 11) is 0.431. The van der Waals surface area contributed by atoms with E-state index in [-0.39, 0.29) is 36.0 Å². The zero-order chi connectivity index (χ0) is 7.12. The van der Waals surface area contributed by atoms with Crippen molar-refractivity contribution in [3.63, 3.8) is 0 Å². The highest BCUT2D eigenvalue weighted by Crippen LogP contribution is 2.33. The van der Waals surface area contributed by atoms with E-state index in [4.69, 9.17) is 9.31 Å². The maximum atomic E-state index is 5.33. The van der Waals surface area contributed by atoms with Crippen LogP contribution in [0.1, 0.15) is 27.7 Å². The Balaban J connectivity index is 0. The highest BCUT2D eigenvalue weighted by molar-refractivity contribution is 6.19. The van der Waals surface area contributed by atoms with E-state index in [1.807, 2.05) is 27.7 Å². The molecule has 0 atom stereocenters. The first kappa shape index (κ1) is 14.1. The predicted molar refractivity (Wildman–Crippen MR) is 52.0 cm³/mol. The van der Waals surface area contributed by atoms with Gasteiger partial charge in [0, 0.05) is 0 Å². The number of hydrogen-bond donors (Lipinski definition) is 0. The van der Waals surface area contributed by atoms with Crippen molar-refractivity contribution in [1.29, 1.82) is 0 Å². The summed E-state index contributed by atoms with van der Waals surface area (Å²) in [6.45, 7) is 8.17. The summed E-state index contributed by atoms with van der Waals surface area (Å²) in [6, 6.07) is 0. The molecule has 0 spiro atoms. The summed E-state index contributed by atoms with van der Waals surface area (Å²) >= 11 is 0. The quantitative estimate of drug-likeness (QED) is 0.555. The van der Waals surface area contributed by atoms with Crippen molar-refractivity contribution < 1.29 is 9.31 Å². The Hall–Kier alpha value is 0.565. The molecule has 0 N–H and O–H groups in total. The standard InChI is InChI=1S/C6H13BO2.2ClH/c1-5(2)6(3,4)9-7-8-5;;/h7H,1-4H3;2*1H. The molecule has 1 saturated heterocycles. The minimum Gasteiger partial charge on any atom is -0.406 e. The third kappa shape index (κ3) is 2.51. The van der Waals surface area contributed by atoms with E-state index in [1.54, 1.807) is 0 Å². The van der Waals surface area contributed by atoms with Crippen LogP contribution in [0.4, 0.5) is 0 Å². The molecule has 1 heterocycles. The smallest absolute Gasteiger partial charge is 0.406 e. The van der Waals surface area contributed by atoms with Crippen LogP contribution < -0.4 is 0 Å². The van der Waals surface area contributed by atoms with Crippen LogP contribution in [-0.2, 0) is 9.31 Å². The van der Waals surface area contributed by atoms with Gasteiger partial charge in [-0.25, -0.2) is 0 Å². The second-order valence-electron chi connectivity index (χ2n) is 3.43. The maximum Gasteiger partial charge on any atom is 0.439 e. The Morgan fingerprint density at radius 3 is 1.18 bits per heavy atom. The summed E-state index contributed by atoms with van der Waals surface area (Å²) in [5.74, 6) is 0. The lowest BCUT2D eigenvalue weighted by molar-refractivity contribution is 0.00578. The van der Waals surface area contributed by atoms with Crippen LogP contribution in [-0.4, -0.2) is 18.9 Å². The largest absolute Gasteiger partial charge is 0.439 e. The molecule has 1 fully saturated rings. The number of halogens is 2. The molecule has 5 heteroatoms. The second kappa shape index (κ2) is 3.99. The van der Waals surface area contributed by atoms with E-state index >= 15 is 0 Å². The summed E-state index contributed by atoms with van der Waals surface area (Å²) in [5.41, 5.74) is -0.264. The van der Waals surface area contributed by atoms with Crippen molar-refractivity contribution in [3.8, 4) is 0 Å². The topological polar surface area (TPSA) is 18.5 Å². The van der Waals surface area contributed by atoms with E-state index in [1.165, 1.54) is 0 Å². The second-order valence-corrected chi connectivity index (χ2v) is 3.43. The first-order valence-corrected chi connectivity index (χ1v) is 3.24. The van der Waals surface area contributed by atoms with Gasteiger partial charge in [0.25, 0.3) is 0 Å². The molecule has 0 amide bonds. The fraction of sp³-hybridized carbons (Fsp3) is 1.00. The van der Waals surface area contributed by atoms with E-state index in [9.17, 15) is 0 Å². The van der Waals surface area contributed by atoms with Crippen LogP contribution in [0.15, 0.2) is 0 Å². The zero-order valence-corrected chi connectivity index (χ0v) is 8.97. The lowest BCUT2D eigenvalue weighted by atomic mass is 9.90. The van der Waals surface area contributed by atoms with Gasteiger partial charge < -0.3 is 9.31 Å². The van der Waals surface area contributed by atoms with Gasteiger partial charge in [0.2, 0.25) is 0 Å². The normalized spacial score (nSPS) is 24.4. The summed E-state index contributed by atoms with van der Waals surface area (Å²) < 4.78 is 10.7. The molecular weight excluding hydrogens is 186 g/mol. The van der Waals surface area contributed by atoms with Crippen molar-refractivity contribution in [2.45, 2.75) is 38.9 Å². The molecule has 0 aromatic heterocycles. The van der Waals surface area contributed by atoms with Crippen molar-refractivity contribution in [1.82, 2.24) is 0 Å². The molecule has 0 aromatic carbocycles. The van der Waals surface area contributed by atoms with Crippen LogP contribution in [0.2, 0.25) is 0 Å². The first-order valence-electron chi connectivity index (χ1n) is 3.24. The minimum atomic E-state index is -0.132. The van der Waals surface area contributed by atoms with Gasteiger partial charge in [0.15, 0.2) is 0 Å². The molecule has 0 radical (unpaired) electrons. The Labute approximate surface area is 81.1 Å². The van der Waals surface area contributed by atoms with Crippen LogP contribution in [0, 0.1) is 0 Å². The van der Waals surface area contributed by atoms with Crippen LogP contribution >= 0.6 is 24.8 Å². The highest BCUT2D eigenvalue weighted by Gasteiger charge is 2.44. The van der Waals surface area contributed by atoms with Crippen molar-refractivity contribution >= 4 is 32.5 Å². The fourth-order valence-electron chi connectivity index (χ4n) is 0.672. The highest BCUT2D eigenvalue weighted by atomic mass is 35.5. The fourth-order valence-corrected chi connectivity index (χ4v) is 0.672. The third-order valence-electron chi connectivity index (χ3n) is 2.29. The molecular formula is C6H15BCl2O2. The van der Waals surface area contributed by atoms with Crippen LogP contribution in [0.25, 0.3) is 0 Å². The van der Waals surface area contributed by atoms with Gasteiger partial charge in [-0.15, -0.1) is 24.8 Å². The van der Waals surface area contributed by atoms with Crippen LogP contribution in [0.3, 0.4) is 0 Å². The van der Waals surface area contributed by atoms with Gasteiger partial charge in [-0.05, 0) is 27.7 Å². The lowest BCUT2D eigenvalue weighted by Gasteiger charge is -2.32.